The van der Waals surface area contributed by atoms with E-state index in [4.69, 9.17) is 11.6 Å². The van der Waals surface area contributed by atoms with Crippen LogP contribution in [-0.4, -0.2) is 29.8 Å². The Morgan fingerprint density at radius 3 is 2.04 bits per heavy atom. The zero-order valence-electron chi connectivity index (χ0n) is 15.5. The Morgan fingerprint density at radius 1 is 0.852 bits per heavy atom. The molecule has 0 aromatic heterocycles. The predicted octanol–water partition coefficient (Wildman–Crippen LogP) is 4.34. The zero-order chi connectivity index (χ0) is 19.1. The van der Waals surface area contributed by atoms with Gasteiger partial charge >= 0.3 is 0 Å². The number of benzene rings is 2. The van der Waals surface area contributed by atoms with Gasteiger partial charge in [0.15, 0.2) is 0 Å². The number of hydrogen-bond donors (Lipinski definition) is 0. The fraction of sp³-hybridized carbons (Fsp3) is 0.273. The van der Waals surface area contributed by atoms with E-state index in [2.05, 4.69) is 0 Å². The number of amides is 2. The van der Waals surface area contributed by atoms with Gasteiger partial charge in [0.2, 0.25) is 0 Å². The van der Waals surface area contributed by atoms with E-state index in [0.29, 0.717) is 22.0 Å². The Labute approximate surface area is 164 Å². The van der Waals surface area contributed by atoms with Crippen LogP contribution in [0.1, 0.15) is 29.5 Å². The summed E-state index contributed by atoms with van der Waals surface area (Å²) in [6.07, 6.45) is 2.06. The maximum Gasteiger partial charge on any atom is 0.282 e. The first-order valence-corrected chi connectivity index (χ1v) is 9.56. The number of anilines is 1. The summed E-state index contributed by atoms with van der Waals surface area (Å²) < 4.78 is 0. The molecule has 2 aromatic carbocycles. The van der Waals surface area contributed by atoms with Crippen LogP contribution < -0.4 is 4.90 Å². The molecule has 2 aromatic rings. The fourth-order valence-electron chi connectivity index (χ4n) is 3.94. The molecule has 1 fully saturated rings. The fourth-order valence-corrected chi connectivity index (χ4v) is 4.07. The Bertz CT molecular complexity index is 937. The average molecular weight is 381 g/mol. The van der Waals surface area contributed by atoms with Gasteiger partial charge in [0.1, 0.15) is 5.70 Å². The molecule has 0 unspecified atom stereocenters. The highest BCUT2D eigenvalue weighted by Gasteiger charge is 2.43. The number of likely N-dealkylation sites (tertiary alicyclic amines) is 1. The summed E-state index contributed by atoms with van der Waals surface area (Å²) in [5, 5.41) is 0.602. The molecule has 4 rings (SSSR count). The van der Waals surface area contributed by atoms with Crippen molar-refractivity contribution in [3.05, 3.63) is 69.9 Å². The normalized spacial score (nSPS) is 17.4. The van der Waals surface area contributed by atoms with E-state index >= 15 is 0 Å². The lowest BCUT2D eigenvalue weighted by molar-refractivity contribution is -0.120. The number of carbonyl (C=O) groups excluding carboxylic acids is 2. The molecule has 0 saturated carbocycles. The van der Waals surface area contributed by atoms with Gasteiger partial charge in [0, 0.05) is 18.1 Å². The Kier molecular flexibility index (Phi) is 4.52. The second-order valence-electron chi connectivity index (χ2n) is 7.22. The van der Waals surface area contributed by atoms with Gasteiger partial charge in [-0.15, -0.1) is 0 Å². The molecule has 0 radical (unpaired) electrons. The van der Waals surface area contributed by atoms with Gasteiger partial charge in [-0.2, -0.15) is 0 Å². The second-order valence-corrected chi connectivity index (χ2v) is 7.65. The summed E-state index contributed by atoms with van der Waals surface area (Å²) >= 11 is 6.02. The maximum atomic E-state index is 13.4. The van der Waals surface area contributed by atoms with Crippen molar-refractivity contribution in [3.63, 3.8) is 0 Å². The lowest BCUT2D eigenvalue weighted by Gasteiger charge is -2.20. The van der Waals surface area contributed by atoms with Crippen molar-refractivity contribution in [1.29, 1.82) is 0 Å². The van der Waals surface area contributed by atoms with Crippen molar-refractivity contribution in [2.45, 2.75) is 26.7 Å². The Morgan fingerprint density at radius 2 is 1.44 bits per heavy atom. The number of rotatable bonds is 3. The third kappa shape index (κ3) is 3.15. The molecular formula is C22H21ClN2O2. The highest BCUT2D eigenvalue weighted by Crippen LogP contribution is 2.36. The molecule has 2 aliphatic heterocycles. The van der Waals surface area contributed by atoms with Gasteiger partial charge in [-0.05, 0) is 67.6 Å². The molecule has 1 saturated heterocycles. The molecular weight excluding hydrogens is 360 g/mol. The highest BCUT2D eigenvalue weighted by molar-refractivity contribution is 6.45. The first-order valence-electron chi connectivity index (χ1n) is 9.18. The molecule has 0 spiro atoms. The van der Waals surface area contributed by atoms with E-state index < -0.39 is 0 Å². The van der Waals surface area contributed by atoms with Crippen LogP contribution in [0.15, 0.2) is 48.2 Å². The summed E-state index contributed by atoms with van der Waals surface area (Å²) in [5.41, 5.74) is 4.38. The van der Waals surface area contributed by atoms with Gasteiger partial charge in [0.25, 0.3) is 11.8 Å². The van der Waals surface area contributed by atoms with E-state index in [1.807, 2.05) is 49.1 Å². The lowest BCUT2D eigenvalue weighted by Crippen LogP contribution is -2.34. The summed E-state index contributed by atoms with van der Waals surface area (Å²) in [7, 11) is 0. The van der Waals surface area contributed by atoms with Crippen LogP contribution in [0.5, 0.6) is 0 Å². The average Bonchev–Trinajstić information content (AvgIpc) is 3.21. The SMILES string of the molecule is Cc1cc(C)cc(N2C(=O)C(c3ccc(Cl)cc3)=C(N3CCCC3)C2=O)c1. The van der Waals surface area contributed by atoms with Crippen molar-refractivity contribution < 1.29 is 9.59 Å². The number of imide groups is 1. The maximum absolute atomic E-state index is 13.4. The minimum Gasteiger partial charge on any atom is -0.366 e. The number of halogens is 1. The standard InChI is InChI=1S/C22H21ClN2O2/c1-14-11-15(2)13-18(12-14)25-21(26)19(16-5-7-17(23)8-6-16)20(22(25)27)24-9-3-4-10-24/h5-8,11-13H,3-4,9-10H2,1-2H3. The van der Waals surface area contributed by atoms with Crippen LogP contribution in [0.3, 0.4) is 0 Å². The Balaban J connectivity index is 1.85. The molecule has 0 bridgehead atoms. The molecule has 138 valence electrons. The smallest absolute Gasteiger partial charge is 0.282 e. The van der Waals surface area contributed by atoms with E-state index in [1.165, 1.54) is 4.90 Å². The molecule has 0 atom stereocenters. The number of nitrogens with zero attached hydrogens (tertiary/aromatic N) is 2. The lowest BCUT2D eigenvalue weighted by atomic mass is 10.0. The minimum absolute atomic E-state index is 0.239. The molecule has 0 N–H and O–H groups in total. The summed E-state index contributed by atoms with van der Waals surface area (Å²) in [5.74, 6) is -0.508. The quantitative estimate of drug-likeness (QED) is 0.744. The van der Waals surface area contributed by atoms with E-state index in [0.717, 1.165) is 42.6 Å². The van der Waals surface area contributed by atoms with Crippen molar-refractivity contribution in [2.24, 2.45) is 0 Å². The van der Waals surface area contributed by atoms with Crippen molar-refractivity contribution in [1.82, 2.24) is 4.90 Å². The van der Waals surface area contributed by atoms with Gasteiger partial charge in [0.05, 0.1) is 11.3 Å². The topological polar surface area (TPSA) is 40.6 Å². The number of carbonyl (C=O) groups is 2. The highest BCUT2D eigenvalue weighted by atomic mass is 35.5. The molecule has 27 heavy (non-hydrogen) atoms. The van der Waals surface area contributed by atoms with E-state index in [9.17, 15) is 9.59 Å². The molecule has 5 heteroatoms. The third-order valence-corrected chi connectivity index (χ3v) is 5.33. The first-order chi connectivity index (χ1) is 13.0. The molecule has 0 aliphatic carbocycles. The number of hydrogen-bond acceptors (Lipinski definition) is 3. The van der Waals surface area contributed by atoms with Gasteiger partial charge in [-0.3, -0.25) is 9.59 Å². The number of aryl methyl sites for hydroxylation is 2. The van der Waals surface area contributed by atoms with Crippen molar-refractivity contribution in [2.75, 3.05) is 18.0 Å². The summed E-state index contributed by atoms with van der Waals surface area (Å²) in [6, 6.07) is 12.9. The monoisotopic (exact) mass is 380 g/mol. The third-order valence-electron chi connectivity index (χ3n) is 5.08. The molecule has 2 heterocycles. The van der Waals surface area contributed by atoms with Crippen LogP contribution >= 0.6 is 11.6 Å². The largest absolute Gasteiger partial charge is 0.366 e. The van der Waals surface area contributed by atoms with Crippen LogP contribution in [0.4, 0.5) is 5.69 Å². The van der Waals surface area contributed by atoms with Gasteiger partial charge in [-0.1, -0.05) is 29.8 Å². The summed E-state index contributed by atoms with van der Waals surface area (Å²) in [4.78, 5) is 30.1. The van der Waals surface area contributed by atoms with Crippen LogP contribution in [-0.2, 0) is 9.59 Å². The van der Waals surface area contributed by atoms with Crippen LogP contribution in [0.2, 0.25) is 5.02 Å². The molecule has 2 aliphatic rings. The van der Waals surface area contributed by atoms with Gasteiger partial charge in [-0.25, -0.2) is 4.90 Å². The zero-order valence-corrected chi connectivity index (χ0v) is 16.2. The minimum atomic E-state index is -0.269. The second kappa shape index (κ2) is 6.86. The predicted molar refractivity (Wildman–Crippen MR) is 108 cm³/mol. The Hall–Kier alpha value is -2.59. The molecule has 2 amide bonds. The molecule has 4 nitrogen and oxygen atoms in total. The van der Waals surface area contributed by atoms with Gasteiger partial charge < -0.3 is 4.90 Å². The summed E-state index contributed by atoms with van der Waals surface area (Å²) in [6.45, 7) is 5.53. The van der Waals surface area contributed by atoms with E-state index in [-0.39, 0.29) is 11.8 Å². The van der Waals surface area contributed by atoms with Crippen molar-refractivity contribution in [3.8, 4) is 0 Å². The van der Waals surface area contributed by atoms with Crippen LogP contribution in [0.25, 0.3) is 5.57 Å². The van der Waals surface area contributed by atoms with E-state index in [1.54, 1.807) is 12.1 Å². The first kappa shape index (κ1) is 17.8. The van der Waals surface area contributed by atoms with Crippen LogP contribution in [0, 0.1) is 13.8 Å². The van der Waals surface area contributed by atoms with Crippen molar-refractivity contribution >= 4 is 34.7 Å².